The summed E-state index contributed by atoms with van der Waals surface area (Å²) in [5, 5.41) is 0. The van der Waals surface area contributed by atoms with E-state index in [0.717, 1.165) is 18.4 Å². The van der Waals surface area contributed by atoms with E-state index in [0.29, 0.717) is 6.42 Å². The topological polar surface area (TPSA) is 0 Å². The van der Waals surface area contributed by atoms with E-state index in [1.807, 2.05) is 31.2 Å². The Balaban J connectivity index is 2.25. The fourth-order valence-corrected chi connectivity index (χ4v) is 2.68. The highest BCUT2D eigenvalue weighted by molar-refractivity contribution is 14.1. The zero-order valence-electron chi connectivity index (χ0n) is 9.72. The van der Waals surface area contributed by atoms with Crippen LogP contribution in [-0.2, 0) is 0 Å². The highest BCUT2D eigenvalue weighted by atomic mass is 127. The van der Waals surface area contributed by atoms with E-state index in [1.54, 1.807) is 6.08 Å². The SMILES string of the molecule is Cc1ccc(C2C=C(C(F)(F)I)CCC2)cc1. The number of hydrogen-bond acceptors (Lipinski definition) is 0. The number of alkyl halides is 3. The summed E-state index contributed by atoms with van der Waals surface area (Å²) in [6.07, 6.45) is 4.11. The fraction of sp³-hybridized carbons (Fsp3) is 0.429. The molecule has 0 nitrogen and oxygen atoms in total. The first-order valence-corrected chi connectivity index (χ1v) is 6.89. The van der Waals surface area contributed by atoms with E-state index < -0.39 is 3.93 Å². The van der Waals surface area contributed by atoms with Gasteiger partial charge in [0.1, 0.15) is 0 Å². The molecule has 0 N–H and O–H groups in total. The molecule has 1 aliphatic rings. The Hall–Kier alpha value is -0.450. The summed E-state index contributed by atoms with van der Waals surface area (Å²) in [4.78, 5) is 0. The Labute approximate surface area is 114 Å². The van der Waals surface area contributed by atoms with E-state index >= 15 is 0 Å². The van der Waals surface area contributed by atoms with Crippen molar-refractivity contribution in [1.82, 2.24) is 0 Å². The summed E-state index contributed by atoms with van der Waals surface area (Å²) in [5.41, 5.74) is 2.64. The Kier molecular flexibility index (Phi) is 3.85. The number of benzene rings is 1. The molecule has 3 heteroatoms. The van der Waals surface area contributed by atoms with Gasteiger partial charge in [-0.2, -0.15) is 8.78 Å². The maximum absolute atomic E-state index is 13.3. The van der Waals surface area contributed by atoms with Crippen LogP contribution in [0.2, 0.25) is 0 Å². The molecule has 0 heterocycles. The predicted octanol–water partition coefficient (Wildman–Crippen LogP) is 5.22. The van der Waals surface area contributed by atoms with Gasteiger partial charge in [0.15, 0.2) is 0 Å². The van der Waals surface area contributed by atoms with Gasteiger partial charge in [-0.1, -0.05) is 35.9 Å². The quantitative estimate of drug-likeness (QED) is 0.391. The second-order valence-electron chi connectivity index (χ2n) is 4.60. The van der Waals surface area contributed by atoms with Crippen LogP contribution in [0.15, 0.2) is 35.9 Å². The molecule has 1 aromatic rings. The third-order valence-corrected chi connectivity index (χ3v) is 3.93. The van der Waals surface area contributed by atoms with Crippen molar-refractivity contribution in [2.24, 2.45) is 0 Å². The minimum atomic E-state index is -2.69. The Morgan fingerprint density at radius 3 is 2.47 bits per heavy atom. The molecule has 1 aliphatic carbocycles. The van der Waals surface area contributed by atoms with Gasteiger partial charge < -0.3 is 0 Å². The van der Waals surface area contributed by atoms with Crippen molar-refractivity contribution in [3.05, 3.63) is 47.0 Å². The molecular formula is C14H15F2I. The monoisotopic (exact) mass is 348 g/mol. The third kappa shape index (κ3) is 3.27. The molecule has 0 spiro atoms. The van der Waals surface area contributed by atoms with Crippen LogP contribution in [0.25, 0.3) is 0 Å². The lowest BCUT2D eigenvalue weighted by atomic mass is 9.85. The zero-order chi connectivity index (χ0) is 12.5. The second-order valence-corrected chi connectivity index (χ2v) is 5.95. The number of halogens is 3. The van der Waals surface area contributed by atoms with E-state index in [9.17, 15) is 8.78 Å². The van der Waals surface area contributed by atoms with Crippen LogP contribution in [0, 0.1) is 6.92 Å². The van der Waals surface area contributed by atoms with Crippen molar-refractivity contribution >= 4 is 22.6 Å². The van der Waals surface area contributed by atoms with Gasteiger partial charge in [-0.25, -0.2) is 0 Å². The summed E-state index contributed by atoms with van der Waals surface area (Å²) < 4.78 is 23.9. The van der Waals surface area contributed by atoms with Gasteiger partial charge in [0.25, 0.3) is 0 Å². The van der Waals surface area contributed by atoms with Crippen LogP contribution < -0.4 is 0 Å². The average Bonchev–Trinajstić information content (AvgIpc) is 2.29. The molecule has 1 aromatic carbocycles. The molecule has 0 saturated heterocycles. The highest BCUT2D eigenvalue weighted by Crippen LogP contribution is 2.41. The Bertz CT molecular complexity index is 415. The molecule has 0 aromatic heterocycles. The van der Waals surface area contributed by atoms with Gasteiger partial charge in [0.05, 0.1) is 0 Å². The smallest absolute Gasteiger partial charge is 0.190 e. The molecule has 0 saturated carbocycles. The normalized spacial score (nSPS) is 21.2. The molecule has 2 rings (SSSR count). The number of aryl methyl sites for hydroxylation is 1. The lowest BCUT2D eigenvalue weighted by Gasteiger charge is -2.24. The molecule has 0 amide bonds. The van der Waals surface area contributed by atoms with Crippen molar-refractivity contribution in [2.45, 2.75) is 36.0 Å². The largest absolute Gasteiger partial charge is 0.317 e. The minimum absolute atomic E-state index is 0.153. The molecule has 1 atom stereocenters. The molecule has 0 fully saturated rings. The molecule has 1 unspecified atom stereocenters. The summed E-state index contributed by atoms with van der Waals surface area (Å²) in [6, 6.07) is 8.18. The van der Waals surface area contributed by atoms with Gasteiger partial charge in [-0.15, -0.1) is 0 Å². The summed E-state index contributed by atoms with van der Waals surface area (Å²) in [5.74, 6) is 0.153. The first kappa shape index (κ1) is 13.0. The van der Waals surface area contributed by atoms with Gasteiger partial charge in [-0.05, 0) is 31.7 Å². The van der Waals surface area contributed by atoms with E-state index in [4.69, 9.17) is 0 Å². The number of rotatable bonds is 2. The standard InChI is InChI=1S/C14H15F2I/c1-10-5-7-11(8-6-10)12-3-2-4-13(9-12)14(15,16)17/h5-9,12H,2-4H2,1H3. The van der Waals surface area contributed by atoms with Crippen molar-refractivity contribution in [2.75, 3.05) is 0 Å². The first-order valence-electron chi connectivity index (χ1n) is 5.81. The second kappa shape index (κ2) is 5.04. The predicted molar refractivity (Wildman–Crippen MR) is 74.8 cm³/mol. The van der Waals surface area contributed by atoms with Gasteiger partial charge in [0, 0.05) is 34.1 Å². The molecule has 0 bridgehead atoms. The third-order valence-electron chi connectivity index (χ3n) is 3.23. The Morgan fingerprint density at radius 2 is 1.88 bits per heavy atom. The van der Waals surface area contributed by atoms with Crippen LogP contribution >= 0.6 is 22.6 Å². The van der Waals surface area contributed by atoms with E-state index in [2.05, 4.69) is 0 Å². The van der Waals surface area contributed by atoms with E-state index in [1.165, 1.54) is 28.2 Å². The molecule has 17 heavy (non-hydrogen) atoms. The maximum Gasteiger partial charge on any atom is 0.317 e. The molecule has 92 valence electrons. The number of hydrogen-bond donors (Lipinski definition) is 0. The molecular weight excluding hydrogens is 333 g/mol. The maximum atomic E-state index is 13.3. The number of allylic oxidation sites excluding steroid dienone is 2. The fourth-order valence-electron chi connectivity index (χ4n) is 2.23. The van der Waals surface area contributed by atoms with Crippen molar-refractivity contribution in [3.63, 3.8) is 0 Å². The lowest BCUT2D eigenvalue weighted by Crippen LogP contribution is -2.15. The average molecular weight is 348 g/mol. The summed E-state index contributed by atoms with van der Waals surface area (Å²) in [7, 11) is 0. The van der Waals surface area contributed by atoms with Gasteiger partial charge >= 0.3 is 3.93 Å². The van der Waals surface area contributed by atoms with Crippen molar-refractivity contribution in [3.8, 4) is 0 Å². The first-order chi connectivity index (χ1) is 7.97. The lowest BCUT2D eigenvalue weighted by molar-refractivity contribution is 0.161. The van der Waals surface area contributed by atoms with Crippen molar-refractivity contribution in [1.29, 1.82) is 0 Å². The van der Waals surface area contributed by atoms with Crippen molar-refractivity contribution < 1.29 is 8.78 Å². The molecule has 0 radical (unpaired) electrons. The summed E-state index contributed by atoms with van der Waals surface area (Å²) >= 11 is 1.23. The van der Waals surface area contributed by atoms with Crippen LogP contribution in [-0.4, -0.2) is 3.93 Å². The molecule has 0 aliphatic heterocycles. The Morgan fingerprint density at radius 1 is 1.24 bits per heavy atom. The van der Waals surface area contributed by atoms with Crippen LogP contribution in [0.3, 0.4) is 0 Å². The highest BCUT2D eigenvalue weighted by Gasteiger charge is 2.32. The van der Waals surface area contributed by atoms with Gasteiger partial charge in [0.2, 0.25) is 0 Å². The van der Waals surface area contributed by atoms with E-state index in [-0.39, 0.29) is 11.5 Å². The minimum Gasteiger partial charge on any atom is -0.190 e. The van der Waals surface area contributed by atoms with Gasteiger partial charge in [-0.3, -0.25) is 0 Å². The van der Waals surface area contributed by atoms with Crippen LogP contribution in [0.5, 0.6) is 0 Å². The van der Waals surface area contributed by atoms with Crippen LogP contribution in [0.1, 0.15) is 36.3 Å². The zero-order valence-corrected chi connectivity index (χ0v) is 11.9. The van der Waals surface area contributed by atoms with Crippen LogP contribution in [0.4, 0.5) is 8.78 Å². The summed E-state index contributed by atoms with van der Waals surface area (Å²) in [6.45, 7) is 2.03.